The van der Waals surface area contributed by atoms with E-state index in [0.717, 1.165) is 32.1 Å². The molecule has 0 aliphatic heterocycles. The molecule has 1 aliphatic rings. The van der Waals surface area contributed by atoms with Crippen molar-refractivity contribution in [1.29, 1.82) is 0 Å². The van der Waals surface area contributed by atoms with Crippen molar-refractivity contribution in [3.8, 4) is 0 Å². The van der Waals surface area contributed by atoms with Crippen LogP contribution in [0.2, 0.25) is 0 Å². The highest BCUT2D eigenvalue weighted by Gasteiger charge is 2.28. The summed E-state index contributed by atoms with van der Waals surface area (Å²) in [5.41, 5.74) is 6.04. The van der Waals surface area contributed by atoms with Crippen molar-refractivity contribution in [3.63, 3.8) is 0 Å². The number of benzene rings is 1. The van der Waals surface area contributed by atoms with Crippen molar-refractivity contribution in [3.05, 3.63) is 29.6 Å². The van der Waals surface area contributed by atoms with Crippen molar-refractivity contribution in [2.24, 2.45) is 5.92 Å². The van der Waals surface area contributed by atoms with E-state index in [0.29, 0.717) is 18.2 Å². The standard InChI is InChI=1S/C17H25FN2O/c1-12(2)9-10-20(14-5-3-4-6-14)17(21)15-8-7-13(19)11-16(15)18/h7-8,11-12,14H,3-6,9-10,19H2,1-2H3. The molecule has 116 valence electrons. The van der Waals surface area contributed by atoms with E-state index in [4.69, 9.17) is 5.73 Å². The molecule has 0 radical (unpaired) electrons. The Morgan fingerprint density at radius 3 is 2.62 bits per heavy atom. The molecule has 0 unspecified atom stereocenters. The average molecular weight is 292 g/mol. The Labute approximate surface area is 126 Å². The molecule has 0 saturated heterocycles. The number of amides is 1. The molecule has 1 aromatic carbocycles. The quantitative estimate of drug-likeness (QED) is 0.838. The second-order valence-corrected chi connectivity index (χ2v) is 6.36. The number of nitrogens with zero attached hydrogens (tertiary/aromatic N) is 1. The van der Waals surface area contributed by atoms with Gasteiger partial charge in [-0.05, 0) is 43.4 Å². The highest BCUT2D eigenvalue weighted by Crippen LogP contribution is 2.26. The molecular formula is C17H25FN2O. The zero-order chi connectivity index (χ0) is 15.4. The lowest BCUT2D eigenvalue weighted by Gasteiger charge is -2.30. The Bertz CT molecular complexity index is 496. The number of carbonyl (C=O) groups excluding carboxylic acids is 1. The smallest absolute Gasteiger partial charge is 0.257 e. The van der Waals surface area contributed by atoms with Gasteiger partial charge < -0.3 is 10.6 Å². The molecule has 0 bridgehead atoms. The van der Waals surface area contributed by atoms with Crippen molar-refractivity contribution in [2.75, 3.05) is 12.3 Å². The summed E-state index contributed by atoms with van der Waals surface area (Å²) in [6.45, 7) is 4.98. The number of nitrogens with two attached hydrogens (primary N) is 1. The maximum atomic E-state index is 14.0. The highest BCUT2D eigenvalue weighted by molar-refractivity contribution is 5.95. The lowest BCUT2D eigenvalue weighted by Crippen LogP contribution is -2.40. The highest BCUT2D eigenvalue weighted by atomic mass is 19.1. The first-order chi connectivity index (χ1) is 9.99. The summed E-state index contributed by atoms with van der Waals surface area (Å²) in [6.07, 6.45) is 5.31. The maximum absolute atomic E-state index is 14.0. The largest absolute Gasteiger partial charge is 0.399 e. The Hall–Kier alpha value is -1.58. The molecule has 0 heterocycles. The van der Waals surface area contributed by atoms with Gasteiger partial charge in [-0.25, -0.2) is 4.39 Å². The molecule has 1 amide bonds. The molecular weight excluding hydrogens is 267 g/mol. The van der Waals surface area contributed by atoms with Crippen LogP contribution in [0, 0.1) is 11.7 Å². The molecule has 21 heavy (non-hydrogen) atoms. The molecule has 1 saturated carbocycles. The SMILES string of the molecule is CC(C)CCN(C(=O)c1ccc(N)cc1F)C1CCCC1. The molecule has 3 nitrogen and oxygen atoms in total. The van der Waals surface area contributed by atoms with E-state index in [1.807, 2.05) is 4.90 Å². The zero-order valence-corrected chi connectivity index (χ0v) is 12.9. The Morgan fingerprint density at radius 2 is 2.05 bits per heavy atom. The van der Waals surface area contributed by atoms with Crippen molar-refractivity contribution >= 4 is 11.6 Å². The summed E-state index contributed by atoms with van der Waals surface area (Å²) in [5.74, 6) is -0.189. The summed E-state index contributed by atoms with van der Waals surface area (Å²) in [5, 5.41) is 0. The normalized spacial score (nSPS) is 15.6. The number of hydrogen-bond acceptors (Lipinski definition) is 2. The van der Waals surface area contributed by atoms with Gasteiger partial charge in [-0.15, -0.1) is 0 Å². The van der Waals surface area contributed by atoms with Gasteiger partial charge in [-0.2, -0.15) is 0 Å². The summed E-state index contributed by atoms with van der Waals surface area (Å²) in [7, 11) is 0. The first kappa shape index (κ1) is 15.8. The van der Waals surface area contributed by atoms with Crippen molar-refractivity contribution < 1.29 is 9.18 Å². The molecule has 0 aromatic heterocycles. The molecule has 2 rings (SSSR count). The molecule has 4 heteroatoms. The number of nitrogen functional groups attached to an aromatic ring is 1. The van der Waals surface area contributed by atoms with Crippen LogP contribution in [-0.2, 0) is 0 Å². The summed E-state index contributed by atoms with van der Waals surface area (Å²) >= 11 is 0. The molecule has 1 aliphatic carbocycles. The molecule has 0 spiro atoms. The molecule has 1 fully saturated rings. The number of hydrogen-bond donors (Lipinski definition) is 1. The monoisotopic (exact) mass is 292 g/mol. The predicted octanol–water partition coefficient (Wildman–Crippen LogP) is 3.84. The van der Waals surface area contributed by atoms with E-state index >= 15 is 0 Å². The zero-order valence-electron chi connectivity index (χ0n) is 12.9. The van der Waals surface area contributed by atoms with Crippen LogP contribution in [-0.4, -0.2) is 23.4 Å². The van der Waals surface area contributed by atoms with Crippen LogP contribution >= 0.6 is 0 Å². The predicted molar refractivity (Wildman–Crippen MR) is 83.6 cm³/mol. The van der Waals surface area contributed by atoms with Gasteiger partial charge in [0.25, 0.3) is 5.91 Å². The van der Waals surface area contributed by atoms with Gasteiger partial charge in [0.2, 0.25) is 0 Å². The first-order valence-electron chi connectivity index (χ1n) is 7.85. The fourth-order valence-electron chi connectivity index (χ4n) is 2.92. The third-order valence-electron chi connectivity index (χ3n) is 4.20. The van der Waals surface area contributed by atoms with Gasteiger partial charge in [-0.1, -0.05) is 26.7 Å². The van der Waals surface area contributed by atoms with Crippen molar-refractivity contribution in [2.45, 2.75) is 52.0 Å². The fraction of sp³-hybridized carbons (Fsp3) is 0.588. The van der Waals surface area contributed by atoms with Gasteiger partial charge in [0.1, 0.15) is 5.82 Å². The van der Waals surface area contributed by atoms with Crippen LogP contribution in [0.15, 0.2) is 18.2 Å². The van der Waals surface area contributed by atoms with E-state index in [1.54, 1.807) is 6.07 Å². The van der Waals surface area contributed by atoms with Crippen LogP contribution in [0.4, 0.5) is 10.1 Å². The number of rotatable bonds is 5. The Kier molecular flexibility index (Phi) is 5.21. The third kappa shape index (κ3) is 3.96. The number of carbonyl (C=O) groups is 1. The van der Waals surface area contributed by atoms with Crippen LogP contribution in [0.25, 0.3) is 0 Å². The van der Waals surface area contributed by atoms with Crippen LogP contribution < -0.4 is 5.73 Å². The fourth-order valence-corrected chi connectivity index (χ4v) is 2.92. The van der Waals surface area contributed by atoms with E-state index in [9.17, 15) is 9.18 Å². The maximum Gasteiger partial charge on any atom is 0.257 e. The minimum atomic E-state index is -0.521. The summed E-state index contributed by atoms with van der Waals surface area (Å²) in [4.78, 5) is 14.6. The first-order valence-corrected chi connectivity index (χ1v) is 7.85. The number of halogens is 1. The average Bonchev–Trinajstić information content (AvgIpc) is 2.92. The van der Waals surface area contributed by atoms with Crippen LogP contribution in [0.3, 0.4) is 0 Å². The van der Waals surface area contributed by atoms with Gasteiger partial charge in [-0.3, -0.25) is 4.79 Å². The van der Waals surface area contributed by atoms with E-state index in [2.05, 4.69) is 13.8 Å². The van der Waals surface area contributed by atoms with Crippen LogP contribution in [0.5, 0.6) is 0 Å². The van der Waals surface area contributed by atoms with Crippen molar-refractivity contribution in [1.82, 2.24) is 4.90 Å². The van der Waals surface area contributed by atoms with E-state index < -0.39 is 5.82 Å². The second kappa shape index (κ2) is 6.92. The lowest BCUT2D eigenvalue weighted by molar-refractivity contribution is 0.0667. The molecule has 0 atom stereocenters. The molecule has 1 aromatic rings. The van der Waals surface area contributed by atoms with Gasteiger partial charge >= 0.3 is 0 Å². The summed E-state index contributed by atoms with van der Waals surface area (Å²) < 4.78 is 14.0. The van der Waals surface area contributed by atoms with Gasteiger partial charge in [0, 0.05) is 18.3 Å². The minimum absolute atomic E-state index is 0.139. The van der Waals surface area contributed by atoms with Gasteiger partial charge in [0.15, 0.2) is 0 Å². The topological polar surface area (TPSA) is 46.3 Å². The lowest BCUT2D eigenvalue weighted by atomic mass is 10.1. The molecule has 2 N–H and O–H groups in total. The third-order valence-corrected chi connectivity index (χ3v) is 4.20. The van der Waals surface area contributed by atoms with E-state index in [-0.39, 0.29) is 17.5 Å². The van der Waals surface area contributed by atoms with E-state index in [1.165, 1.54) is 12.1 Å². The number of anilines is 1. The Balaban J connectivity index is 2.19. The minimum Gasteiger partial charge on any atom is -0.399 e. The van der Waals surface area contributed by atoms with Crippen LogP contribution in [0.1, 0.15) is 56.3 Å². The summed E-state index contributed by atoms with van der Waals surface area (Å²) in [6, 6.07) is 4.58. The van der Waals surface area contributed by atoms with Gasteiger partial charge in [0.05, 0.1) is 5.56 Å². The second-order valence-electron chi connectivity index (χ2n) is 6.36. The Morgan fingerprint density at radius 1 is 1.38 bits per heavy atom.